The first kappa shape index (κ1) is 10.7. The van der Waals surface area contributed by atoms with E-state index in [2.05, 4.69) is 40.5 Å². The van der Waals surface area contributed by atoms with E-state index in [4.69, 9.17) is 0 Å². The van der Waals surface area contributed by atoms with Gasteiger partial charge < -0.3 is 5.32 Å². The van der Waals surface area contributed by atoms with Crippen LogP contribution in [-0.2, 0) is 0 Å². The molecule has 1 aliphatic heterocycles. The van der Waals surface area contributed by atoms with E-state index in [9.17, 15) is 0 Å². The number of rotatable bonds is 4. The molecule has 0 bridgehead atoms. The maximum absolute atomic E-state index is 3.30. The zero-order chi connectivity index (χ0) is 10.5. The van der Waals surface area contributed by atoms with Gasteiger partial charge in [0.15, 0.2) is 0 Å². The third-order valence-corrected chi connectivity index (χ3v) is 3.16. The molecule has 1 fully saturated rings. The van der Waals surface area contributed by atoms with Crippen molar-refractivity contribution in [1.82, 2.24) is 10.2 Å². The normalized spacial score (nSPS) is 19.3. The first-order valence-electron chi connectivity index (χ1n) is 5.85. The molecule has 1 aromatic carbocycles. The Morgan fingerprint density at radius 1 is 1.20 bits per heavy atom. The Morgan fingerprint density at radius 3 is 2.47 bits per heavy atom. The lowest BCUT2D eigenvalue weighted by Crippen LogP contribution is -2.32. The maximum Gasteiger partial charge on any atom is 0.0472 e. The van der Waals surface area contributed by atoms with E-state index in [-0.39, 0.29) is 0 Å². The van der Waals surface area contributed by atoms with Gasteiger partial charge in [-0.2, -0.15) is 0 Å². The summed E-state index contributed by atoms with van der Waals surface area (Å²) in [6.45, 7) is 3.55. The lowest BCUT2D eigenvalue weighted by atomic mass is 10.1. The summed E-state index contributed by atoms with van der Waals surface area (Å²) in [6.07, 6.45) is 2.71. The van der Waals surface area contributed by atoms with Crippen molar-refractivity contribution in [2.75, 3.05) is 26.7 Å². The first-order valence-corrected chi connectivity index (χ1v) is 5.85. The summed E-state index contributed by atoms with van der Waals surface area (Å²) in [4.78, 5) is 2.59. The summed E-state index contributed by atoms with van der Waals surface area (Å²) < 4.78 is 0. The maximum atomic E-state index is 3.30. The third-order valence-electron chi connectivity index (χ3n) is 3.16. The molecule has 0 spiro atoms. The van der Waals surface area contributed by atoms with Gasteiger partial charge in [-0.25, -0.2) is 0 Å². The number of nitrogens with zero attached hydrogens (tertiary/aromatic N) is 1. The molecule has 1 N–H and O–H groups in total. The van der Waals surface area contributed by atoms with Crippen LogP contribution < -0.4 is 5.32 Å². The van der Waals surface area contributed by atoms with Crippen LogP contribution in [0.3, 0.4) is 0 Å². The Balaban J connectivity index is 2.11. The number of hydrogen-bond donors (Lipinski definition) is 1. The fourth-order valence-corrected chi connectivity index (χ4v) is 2.38. The topological polar surface area (TPSA) is 15.3 Å². The third kappa shape index (κ3) is 2.58. The minimum absolute atomic E-state index is 0.554. The summed E-state index contributed by atoms with van der Waals surface area (Å²) in [5, 5.41) is 3.30. The lowest BCUT2D eigenvalue weighted by Gasteiger charge is -2.27. The minimum atomic E-state index is 0.554. The highest BCUT2D eigenvalue weighted by Gasteiger charge is 2.22. The first-order chi connectivity index (χ1) is 7.42. The number of likely N-dealkylation sites (N-methyl/N-ethyl adjacent to an activating group) is 1. The standard InChI is InChI=1S/C13H20N2/c1-14-11-13(15-9-5-6-10-15)12-7-3-2-4-8-12/h2-4,7-8,13-14H,5-6,9-11H2,1H3. The molecule has 1 heterocycles. The van der Waals surface area contributed by atoms with Gasteiger partial charge in [0.25, 0.3) is 0 Å². The molecule has 2 rings (SSSR count). The fraction of sp³-hybridized carbons (Fsp3) is 0.538. The van der Waals surface area contributed by atoms with Gasteiger partial charge >= 0.3 is 0 Å². The van der Waals surface area contributed by atoms with Gasteiger partial charge in [-0.15, -0.1) is 0 Å². The van der Waals surface area contributed by atoms with Crippen molar-refractivity contribution in [2.24, 2.45) is 0 Å². The van der Waals surface area contributed by atoms with Crippen LogP contribution in [0.5, 0.6) is 0 Å². The van der Waals surface area contributed by atoms with Crippen molar-refractivity contribution in [1.29, 1.82) is 0 Å². The molecule has 1 aliphatic rings. The van der Waals surface area contributed by atoms with E-state index >= 15 is 0 Å². The number of benzene rings is 1. The van der Waals surface area contributed by atoms with Crippen LogP contribution in [0.25, 0.3) is 0 Å². The largest absolute Gasteiger partial charge is 0.318 e. The molecule has 0 aliphatic carbocycles. The van der Waals surface area contributed by atoms with E-state index in [1.165, 1.54) is 31.5 Å². The van der Waals surface area contributed by atoms with E-state index < -0.39 is 0 Å². The monoisotopic (exact) mass is 204 g/mol. The van der Waals surface area contributed by atoms with Crippen LogP contribution >= 0.6 is 0 Å². The van der Waals surface area contributed by atoms with Crippen molar-refractivity contribution >= 4 is 0 Å². The molecule has 2 nitrogen and oxygen atoms in total. The van der Waals surface area contributed by atoms with Crippen molar-refractivity contribution < 1.29 is 0 Å². The van der Waals surface area contributed by atoms with Gasteiger partial charge in [0, 0.05) is 12.6 Å². The molecule has 82 valence electrons. The molecule has 0 radical (unpaired) electrons. The van der Waals surface area contributed by atoms with Gasteiger partial charge in [0.05, 0.1) is 0 Å². The molecular weight excluding hydrogens is 184 g/mol. The zero-order valence-corrected chi connectivity index (χ0v) is 9.45. The van der Waals surface area contributed by atoms with Crippen LogP contribution in [0.15, 0.2) is 30.3 Å². The summed E-state index contributed by atoms with van der Waals surface area (Å²) in [5.74, 6) is 0. The van der Waals surface area contributed by atoms with Crippen molar-refractivity contribution in [3.8, 4) is 0 Å². The van der Waals surface area contributed by atoms with E-state index in [1.54, 1.807) is 0 Å². The fourth-order valence-electron chi connectivity index (χ4n) is 2.38. The second kappa shape index (κ2) is 5.29. The molecule has 2 heteroatoms. The van der Waals surface area contributed by atoms with Crippen LogP contribution in [0.2, 0.25) is 0 Å². The van der Waals surface area contributed by atoms with Gasteiger partial charge in [0.1, 0.15) is 0 Å². The van der Waals surface area contributed by atoms with Crippen LogP contribution in [0, 0.1) is 0 Å². The van der Waals surface area contributed by atoms with E-state index in [0.717, 1.165) is 6.54 Å². The predicted molar refractivity (Wildman–Crippen MR) is 63.9 cm³/mol. The zero-order valence-electron chi connectivity index (χ0n) is 9.45. The van der Waals surface area contributed by atoms with Crippen LogP contribution in [0.4, 0.5) is 0 Å². The van der Waals surface area contributed by atoms with Gasteiger partial charge in [0.2, 0.25) is 0 Å². The quantitative estimate of drug-likeness (QED) is 0.807. The highest BCUT2D eigenvalue weighted by molar-refractivity contribution is 5.19. The highest BCUT2D eigenvalue weighted by Crippen LogP contribution is 2.24. The molecule has 1 saturated heterocycles. The molecule has 0 aromatic heterocycles. The Morgan fingerprint density at radius 2 is 1.87 bits per heavy atom. The van der Waals surface area contributed by atoms with E-state index in [0.29, 0.717) is 6.04 Å². The van der Waals surface area contributed by atoms with Crippen molar-refractivity contribution in [3.05, 3.63) is 35.9 Å². The summed E-state index contributed by atoms with van der Waals surface area (Å²) in [6, 6.07) is 11.4. The SMILES string of the molecule is CNCC(c1ccccc1)N1CCCC1. The molecule has 1 aromatic rings. The summed E-state index contributed by atoms with van der Waals surface area (Å²) in [5.41, 5.74) is 1.44. The predicted octanol–water partition coefficient (Wildman–Crippen LogP) is 2.04. The smallest absolute Gasteiger partial charge is 0.0472 e. The lowest BCUT2D eigenvalue weighted by molar-refractivity contribution is 0.242. The number of likely N-dealkylation sites (tertiary alicyclic amines) is 1. The van der Waals surface area contributed by atoms with Crippen LogP contribution in [-0.4, -0.2) is 31.6 Å². The second-order valence-corrected chi connectivity index (χ2v) is 4.23. The highest BCUT2D eigenvalue weighted by atomic mass is 15.2. The average molecular weight is 204 g/mol. The molecule has 0 amide bonds. The van der Waals surface area contributed by atoms with Crippen molar-refractivity contribution in [3.63, 3.8) is 0 Å². The Bertz CT molecular complexity index is 278. The molecule has 1 unspecified atom stereocenters. The Hall–Kier alpha value is -0.860. The Kier molecular flexibility index (Phi) is 3.75. The average Bonchev–Trinajstić information content (AvgIpc) is 2.80. The van der Waals surface area contributed by atoms with Gasteiger partial charge in [-0.05, 0) is 38.5 Å². The molecule has 15 heavy (non-hydrogen) atoms. The van der Waals surface area contributed by atoms with Gasteiger partial charge in [-0.1, -0.05) is 30.3 Å². The number of hydrogen-bond acceptors (Lipinski definition) is 2. The van der Waals surface area contributed by atoms with E-state index in [1.807, 2.05) is 7.05 Å². The summed E-state index contributed by atoms with van der Waals surface area (Å²) in [7, 11) is 2.03. The molecule has 1 atom stereocenters. The molecule has 0 saturated carbocycles. The van der Waals surface area contributed by atoms with Crippen LogP contribution in [0.1, 0.15) is 24.4 Å². The minimum Gasteiger partial charge on any atom is -0.318 e. The van der Waals surface area contributed by atoms with Gasteiger partial charge in [-0.3, -0.25) is 4.90 Å². The summed E-state index contributed by atoms with van der Waals surface area (Å²) >= 11 is 0. The second-order valence-electron chi connectivity index (χ2n) is 4.23. The van der Waals surface area contributed by atoms with Crippen molar-refractivity contribution in [2.45, 2.75) is 18.9 Å². The molecular formula is C13H20N2. The Labute approximate surface area is 92.3 Å². The number of nitrogens with one attached hydrogen (secondary N) is 1.